The lowest BCUT2D eigenvalue weighted by atomic mass is 9.71. The Morgan fingerprint density at radius 2 is 1.84 bits per heavy atom. The van der Waals surface area contributed by atoms with Crippen molar-refractivity contribution >= 4 is 27.5 Å². The van der Waals surface area contributed by atoms with E-state index >= 15 is 0 Å². The average molecular weight is 337 g/mol. The Hall–Kier alpha value is -0.830. The number of benzene rings is 2. The Kier molecular flexibility index (Phi) is 3.66. The van der Waals surface area contributed by atoms with Gasteiger partial charge in [0.1, 0.15) is 0 Å². The largest absolute Gasteiger partial charge is 0.315 e. The maximum Gasteiger partial charge on any atom is 0.0406 e. The van der Waals surface area contributed by atoms with Gasteiger partial charge in [0.05, 0.1) is 0 Å². The van der Waals surface area contributed by atoms with Gasteiger partial charge in [-0.05, 0) is 41.8 Å². The fourth-order valence-corrected chi connectivity index (χ4v) is 3.19. The molecule has 1 saturated heterocycles. The predicted octanol–water partition coefficient (Wildman–Crippen LogP) is 4.19. The maximum atomic E-state index is 5.95. The van der Waals surface area contributed by atoms with Crippen molar-refractivity contribution < 1.29 is 0 Å². The summed E-state index contributed by atoms with van der Waals surface area (Å²) in [7, 11) is 0. The van der Waals surface area contributed by atoms with Crippen LogP contribution in [-0.4, -0.2) is 13.1 Å². The van der Waals surface area contributed by atoms with Crippen LogP contribution in [0, 0.1) is 0 Å². The summed E-state index contributed by atoms with van der Waals surface area (Å²) >= 11 is 9.52. The summed E-state index contributed by atoms with van der Waals surface area (Å²) in [6.07, 6.45) is 1.05. The smallest absolute Gasteiger partial charge is 0.0406 e. The summed E-state index contributed by atoms with van der Waals surface area (Å²) in [6.45, 7) is 2.07. The van der Waals surface area contributed by atoms with Crippen molar-refractivity contribution in [1.29, 1.82) is 0 Å². The van der Waals surface area contributed by atoms with Crippen LogP contribution in [0.25, 0.3) is 0 Å². The third-order valence-corrected chi connectivity index (χ3v) is 4.56. The van der Waals surface area contributed by atoms with E-state index in [4.69, 9.17) is 11.6 Å². The summed E-state index contributed by atoms with van der Waals surface area (Å²) in [5.74, 6) is 0. The van der Waals surface area contributed by atoms with Crippen LogP contribution in [-0.2, 0) is 11.8 Å². The van der Waals surface area contributed by atoms with Gasteiger partial charge in [0.25, 0.3) is 0 Å². The molecule has 0 saturated carbocycles. The second kappa shape index (κ2) is 5.28. The zero-order chi connectivity index (χ0) is 13.3. The van der Waals surface area contributed by atoms with Crippen molar-refractivity contribution in [2.75, 3.05) is 13.1 Å². The normalized spacial score (nSPS) is 16.9. The molecule has 0 amide bonds. The lowest BCUT2D eigenvalue weighted by molar-refractivity contribution is 0.274. The van der Waals surface area contributed by atoms with Crippen LogP contribution in [0.2, 0.25) is 5.02 Å². The van der Waals surface area contributed by atoms with Gasteiger partial charge in [-0.3, -0.25) is 0 Å². The fourth-order valence-electron chi connectivity index (χ4n) is 2.67. The second-order valence-corrected chi connectivity index (χ2v) is 6.55. The molecule has 98 valence electrons. The Labute approximate surface area is 127 Å². The SMILES string of the molecule is Clc1ccc(CC2(c3cccc(Br)c3)CNC2)cc1. The molecule has 2 aromatic rings. The van der Waals surface area contributed by atoms with Crippen LogP contribution in [0.15, 0.2) is 53.0 Å². The number of nitrogens with one attached hydrogen (secondary N) is 1. The lowest BCUT2D eigenvalue weighted by Crippen LogP contribution is -2.58. The van der Waals surface area contributed by atoms with Crippen LogP contribution in [0.5, 0.6) is 0 Å². The van der Waals surface area contributed by atoms with Crippen LogP contribution in [0.4, 0.5) is 0 Å². The number of rotatable bonds is 3. The lowest BCUT2D eigenvalue weighted by Gasteiger charge is -2.43. The average Bonchev–Trinajstić information content (AvgIpc) is 2.36. The Balaban J connectivity index is 1.89. The van der Waals surface area contributed by atoms with Gasteiger partial charge in [-0.2, -0.15) is 0 Å². The Morgan fingerprint density at radius 1 is 1.11 bits per heavy atom. The molecule has 1 N–H and O–H groups in total. The van der Waals surface area contributed by atoms with Gasteiger partial charge in [0.2, 0.25) is 0 Å². The quantitative estimate of drug-likeness (QED) is 0.886. The summed E-state index contributed by atoms with van der Waals surface area (Å²) in [6, 6.07) is 16.8. The van der Waals surface area contributed by atoms with Crippen LogP contribution in [0.3, 0.4) is 0 Å². The summed E-state index contributed by atoms with van der Waals surface area (Å²) in [4.78, 5) is 0. The van der Waals surface area contributed by atoms with Gasteiger partial charge in [-0.15, -0.1) is 0 Å². The highest BCUT2D eigenvalue weighted by atomic mass is 79.9. The molecule has 1 aliphatic heterocycles. The van der Waals surface area contributed by atoms with E-state index in [1.54, 1.807) is 0 Å². The third-order valence-electron chi connectivity index (χ3n) is 3.82. The topological polar surface area (TPSA) is 12.0 Å². The molecule has 0 unspecified atom stereocenters. The van der Waals surface area contributed by atoms with Gasteiger partial charge < -0.3 is 5.32 Å². The third kappa shape index (κ3) is 2.71. The first kappa shape index (κ1) is 13.2. The Bertz CT molecular complexity index is 576. The van der Waals surface area contributed by atoms with E-state index in [2.05, 4.69) is 57.6 Å². The highest BCUT2D eigenvalue weighted by Gasteiger charge is 2.38. The standard InChI is InChI=1S/C16H15BrClN/c17-14-3-1-2-13(8-14)16(10-19-11-16)9-12-4-6-15(18)7-5-12/h1-8,19H,9-11H2. The summed E-state index contributed by atoms with van der Waals surface area (Å²) < 4.78 is 1.15. The molecule has 1 aliphatic rings. The number of halogens is 2. The van der Waals surface area contributed by atoms with E-state index < -0.39 is 0 Å². The molecule has 0 aliphatic carbocycles. The molecule has 0 spiro atoms. The molecular formula is C16H15BrClN. The van der Waals surface area contributed by atoms with E-state index in [1.165, 1.54) is 11.1 Å². The number of hydrogen-bond acceptors (Lipinski definition) is 1. The second-order valence-electron chi connectivity index (χ2n) is 5.20. The highest BCUT2D eigenvalue weighted by molar-refractivity contribution is 9.10. The first-order chi connectivity index (χ1) is 9.18. The molecule has 1 fully saturated rings. The molecule has 3 heteroatoms. The van der Waals surface area contributed by atoms with E-state index in [1.807, 2.05) is 12.1 Å². The molecule has 0 bridgehead atoms. The summed E-state index contributed by atoms with van der Waals surface area (Å²) in [5.41, 5.74) is 2.96. The van der Waals surface area contributed by atoms with Crippen LogP contribution < -0.4 is 5.32 Å². The monoisotopic (exact) mass is 335 g/mol. The molecular weight excluding hydrogens is 322 g/mol. The van der Waals surface area contributed by atoms with E-state index in [-0.39, 0.29) is 5.41 Å². The van der Waals surface area contributed by atoms with Gasteiger partial charge in [-0.25, -0.2) is 0 Å². The minimum Gasteiger partial charge on any atom is -0.315 e. The highest BCUT2D eigenvalue weighted by Crippen LogP contribution is 2.34. The molecule has 3 rings (SSSR count). The minimum absolute atomic E-state index is 0.220. The first-order valence-electron chi connectivity index (χ1n) is 6.39. The van der Waals surface area contributed by atoms with Crippen molar-refractivity contribution in [3.05, 3.63) is 69.2 Å². The van der Waals surface area contributed by atoms with E-state index in [0.717, 1.165) is 29.0 Å². The van der Waals surface area contributed by atoms with Crippen LogP contribution in [0.1, 0.15) is 11.1 Å². The van der Waals surface area contributed by atoms with E-state index in [0.29, 0.717) is 0 Å². The molecule has 0 aromatic heterocycles. The zero-order valence-electron chi connectivity index (χ0n) is 10.5. The summed E-state index contributed by atoms with van der Waals surface area (Å²) in [5, 5.41) is 4.21. The van der Waals surface area contributed by atoms with Crippen molar-refractivity contribution in [2.24, 2.45) is 0 Å². The number of hydrogen-bond donors (Lipinski definition) is 1. The molecule has 2 aromatic carbocycles. The van der Waals surface area contributed by atoms with Gasteiger partial charge >= 0.3 is 0 Å². The predicted molar refractivity (Wildman–Crippen MR) is 83.8 cm³/mol. The fraction of sp³-hybridized carbons (Fsp3) is 0.250. The molecule has 0 atom stereocenters. The Morgan fingerprint density at radius 3 is 2.42 bits per heavy atom. The first-order valence-corrected chi connectivity index (χ1v) is 7.56. The minimum atomic E-state index is 0.220. The molecule has 1 nitrogen and oxygen atoms in total. The molecule has 1 heterocycles. The maximum absolute atomic E-state index is 5.95. The van der Waals surface area contributed by atoms with Crippen molar-refractivity contribution in [1.82, 2.24) is 5.32 Å². The molecule has 0 radical (unpaired) electrons. The van der Waals surface area contributed by atoms with Gasteiger partial charge in [-0.1, -0.05) is 51.8 Å². The van der Waals surface area contributed by atoms with Crippen molar-refractivity contribution in [3.63, 3.8) is 0 Å². The van der Waals surface area contributed by atoms with Gasteiger partial charge in [0.15, 0.2) is 0 Å². The molecule has 19 heavy (non-hydrogen) atoms. The van der Waals surface area contributed by atoms with Crippen LogP contribution >= 0.6 is 27.5 Å². The van der Waals surface area contributed by atoms with E-state index in [9.17, 15) is 0 Å². The van der Waals surface area contributed by atoms with Crippen molar-refractivity contribution in [3.8, 4) is 0 Å². The van der Waals surface area contributed by atoms with Gasteiger partial charge in [0, 0.05) is 28.0 Å². The van der Waals surface area contributed by atoms with Crippen molar-refractivity contribution in [2.45, 2.75) is 11.8 Å². The zero-order valence-corrected chi connectivity index (χ0v) is 12.8.